The average molecular weight is 194 g/mol. The van der Waals surface area contributed by atoms with Crippen LogP contribution in [0.4, 0.5) is 0 Å². The van der Waals surface area contributed by atoms with E-state index in [1.807, 2.05) is 13.8 Å². The molecule has 0 bridgehead atoms. The standard InChI is InChI=1S/C11H18N2O/c1-4-11(2,3)13-9-6-5-7-12-10(14)8-9/h1,9,13H,5-8H2,2-3H3,(H,12,14). The molecule has 1 saturated heterocycles. The van der Waals surface area contributed by atoms with Crippen LogP contribution in [0, 0.1) is 12.3 Å². The fourth-order valence-corrected chi connectivity index (χ4v) is 1.65. The van der Waals surface area contributed by atoms with Crippen molar-refractivity contribution in [2.24, 2.45) is 0 Å². The predicted octanol–water partition coefficient (Wildman–Crippen LogP) is 0.656. The van der Waals surface area contributed by atoms with Crippen LogP contribution in [0.5, 0.6) is 0 Å². The van der Waals surface area contributed by atoms with Crippen LogP contribution in [0.3, 0.4) is 0 Å². The highest BCUT2D eigenvalue weighted by Crippen LogP contribution is 2.10. The van der Waals surface area contributed by atoms with Gasteiger partial charge in [0, 0.05) is 19.0 Å². The van der Waals surface area contributed by atoms with Gasteiger partial charge in [0.2, 0.25) is 5.91 Å². The summed E-state index contributed by atoms with van der Waals surface area (Å²) >= 11 is 0. The molecule has 1 unspecified atom stereocenters. The van der Waals surface area contributed by atoms with E-state index in [0.717, 1.165) is 19.4 Å². The van der Waals surface area contributed by atoms with E-state index in [2.05, 4.69) is 16.6 Å². The van der Waals surface area contributed by atoms with E-state index >= 15 is 0 Å². The molecule has 1 rings (SSSR count). The van der Waals surface area contributed by atoms with Crippen LogP contribution in [0.15, 0.2) is 0 Å². The molecule has 0 radical (unpaired) electrons. The maximum atomic E-state index is 11.3. The average Bonchev–Trinajstić information content (AvgIpc) is 2.29. The Morgan fingerprint density at radius 1 is 1.64 bits per heavy atom. The van der Waals surface area contributed by atoms with Crippen molar-refractivity contribution in [3.05, 3.63) is 0 Å². The Bertz CT molecular complexity index is 253. The number of amides is 1. The number of hydrogen-bond acceptors (Lipinski definition) is 2. The SMILES string of the molecule is C#CC(C)(C)NC1CCCNC(=O)C1. The van der Waals surface area contributed by atoms with Crippen LogP contribution in [0.25, 0.3) is 0 Å². The molecule has 0 aromatic carbocycles. The molecule has 0 spiro atoms. The van der Waals surface area contributed by atoms with E-state index in [1.165, 1.54) is 0 Å². The lowest BCUT2D eigenvalue weighted by atomic mass is 10.0. The quantitative estimate of drug-likeness (QED) is 0.634. The molecule has 0 aromatic heterocycles. The van der Waals surface area contributed by atoms with Crippen molar-refractivity contribution in [3.63, 3.8) is 0 Å². The van der Waals surface area contributed by atoms with Crippen LogP contribution < -0.4 is 10.6 Å². The Balaban J connectivity index is 2.51. The first-order chi connectivity index (χ1) is 6.53. The maximum absolute atomic E-state index is 11.3. The number of rotatable bonds is 2. The normalized spacial score (nSPS) is 23.5. The van der Waals surface area contributed by atoms with Gasteiger partial charge in [-0.3, -0.25) is 10.1 Å². The minimum atomic E-state index is -0.324. The molecular weight excluding hydrogens is 176 g/mol. The van der Waals surface area contributed by atoms with E-state index in [-0.39, 0.29) is 17.5 Å². The predicted molar refractivity (Wildman–Crippen MR) is 56.7 cm³/mol. The Hall–Kier alpha value is -1.01. The molecule has 3 heteroatoms. The van der Waals surface area contributed by atoms with E-state index in [4.69, 9.17) is 6.42 Å². The van der Waals surface area contributed by atoms with Gasteiger partial charge in [-0.1, -0.05) is 5.92 Å². The lowest BCUT2D eigenvalue weighted by molar-refractivity contribution is -0.121. The summed E-state index contributed by atoms with van der Waals surface area (Å²) in [6.45, 7) is 4.69. The summed E-state index contributed by atoms with van der Waals surface area (Å²) in [4.78, 5) is 11.3. The van der Waals surface area contributed by atoms with Gasteiger partial charge in [-0.15, -0.1) is 6.42 Å². The summed E-state index contributed by atoms with van der Waals surface area (Å²) in [5, 5.41) is 6.17. The largest absolute Gasteiger partial charge is 0.356 e. The molecule has 1 aliphatic heterocycles. The molecule has 3 nitrogen and oxygen atoms in total. The Morgan fingerprint density at radius 3 is 3.00 bits per heavy atom. The first-order valence-electron chi connectivity index (χ1n) is 5.06. The number of hydrogen-bond donors (Lipinski definition) is 2. The van der Waals surface area contributed by atoms with Crippen LogP contribution in [-0.2, 0) is 4.79 Å². The summed E-state index contributed by atoms with van der Waals surface area (Å²) in [5.41, 5.74) is -0.324. The summed E-state index contributed by atoms with van der Waals surface area (Å²) in [7, 11) is 0. The Morgan fingerprint density at radius 2 is 2.36 bits per heavy atom. The number of carbonyl (C=O) groups excluding carboxylic acids is 1. The summed E-state index contributed by atoms with van der Waals surface area (Å²) in [5.74, 6) is 2.80. The fraction of sp³-hybridized carbons (Fsp3) is 0.727. The second-order valence-corrected chi connectivity index (χ2v) is 4.31. The molecular formula is C11H18N2O. The number of terminal acetylenes is 1. The fourth-order valence-electron chi connectivity index (χ4n) is 1.65. The highest BCUT2D eigenvalue weighted by atomic mass is 16.1. The molecule has 1 heterocycles. The third kappa shape index (κ3) is 3.39. The summed E-state index contributed by atoms with van der Waals surface area (Å²) in [6.07, 6.45) is 7.94. The van der Waals surface area contributed by atoms with Gasteiger partial charge >= 0.3 is 0 Å². The zero-order valence-electron chi connectivity index (χ0n) is 8.89. The van der Waals surface area contributed by atoms with Gasteiger partial charge in [0.15, 0.2) is 0 Å². The van der Waals surface area contributed by atoms with E-state index in [1.54, 1.807) is 0 Å². The monoisotopic (exact) mass is 194 g/mol. The molecule has 0 saturated carbocycles. The van der Waals surface area contributed by atoms with Gasteiger partial charge < -0.3 is 5.32 Å². The molecule has 2 N–H and O–H groups in total. The molecule has 1 fully saturated rings. The van der Waals surface area contributed by atoms with Gasteiger partial charge in [0.05, 0.1) is 5.54 Å². The third-order valence-electron chi connectivity index (χ3n) is 2.41. The zero-order chi connectivity index (χ0) is 10.6. The first kappa shape index (κ1) is 11.1. The molecule has 1 atom stereocenters. The van der Waals surface area contributed by atoms with Gasteiger partial charge in [-0.2, -0.15) is 0 Å². The van der Waals surface area contributed by atoms with Gasteiger partial charge in [-0.25, -0.2) is 0 Å². The maximum Gasteiger partial charge on any atom is 0.221 e. The third-order valence-corrected chi connectivity index (χ3v) is 2.41. The molecule has 0 aromatic rings. The summed E-state index contributed by atoms with van der Waals surface area (Å²) < 4.78 is 0. The van der Waals surface area contributed by atoms with Crippen LogP contribution in [-0.4, -0.2) is 24.0 Å². The lowest BCUT2D eigenvalue weighted by Gasteiger charge is -2.26. The minimum absolute atomic E-state index is 0.118. The van der Waals surface area contributed by atoms with Crippen molar-refractivity contribution >= 4 is 5.91 Å². The van der Waals surface area contributed by atoms with Crippen LogP contribution in [0.1, 0.15) is 33.1 Å². The van der Waals surface area contributed by atoms with E-state index < -0.39 is 0 Å². The smallest absolute Gasteiger partial charge is 0.221 e. The van der Waals surface area contributed by atoms with Gasteiger partial charge in [-0.05, 0) is 26.7 Å². The Kier molecular flexibility index (Phi) is 3.54. The second kappa shape index (κ2) is 4.47. The number of nitrogens with one attached hydrogen (secondary N) is 2. The van der Waals surface area contributed by atoms with E-state index in [9.17, 15) is 4.79 Å². The van der Waals surface area contributed by atoms with Crippen molar-refractivity contribution in [3.8, 4) is 12.3 Å². The molecule has 78 valence electrons. The molecule has 0 aliphatic carbocycles. The van der Waals surface area contributed by atoms with Gasteiger partial charge in [0.1, 0.15) is 0 Å². The van der Waals surface area contributed by atoms with Crippen molar-refractivity contribution in [1.29, 1.82) is 0 Å². The highest BCUT2D eigenvalue weighted by Gasteiger charge is 2.23. The Labute approximate surface area is 85.6 Å². The highest BCUT2D eigenvalue weighted by molar-refractivity contribution is 5.76. The second-order valence-electron chi connectivity index (χ2n) is 4.31. The van der Waals surface area contributed by atoms with E-state index in [0.29, 0.717) is 6.42 Å². The topological polar surface area (TPSA) is 41.1 Å². The van der Waals surface area contributed by atoms with Crippen molar-refractivity contribution in [1.82, 2.24) is 10.6 Å². The minimum Gasteiger partial charge on any atom is -0.356 e. The number of carbonyl (C=O) groups is 1. The lowest BCUT2D eigenvalue weighted by Crippen LogP contribution is -2.45. The first-order valence-corrected chi connectivity index (χ1v) is 5.06. The molecule has 1 aliphatic rings. The van der Waals surface area contributed by atoms with Gasteiger partial charge in [0.25, 0.3) is 0 Å². The zero-order valence-corrected chi connectivity index (χ0v) is 8.89. The molecule has 1 amide bonds. The van der Waals surface area contributed by atoms with Crippen molar-refractivity contribution in [2.45, 2.75) is 44.7 Å². The van der Waals surface area contributed by atoms with Crippen molar-refractivity contribution in [2.75, 3.05) is 6.54 Å². The van der Waals surface area contributed by atoms with Crippen molar-refractivity contribution < 1.29 is 4.79 Å². The summed E-state index contributed by atoms with van der Waals surface area (Å²) in [6, 6.07) is 0.212. The van der Waals surface area contributed by atoms with Crippen LogP contribution >= 0.6 is 0 Å². The molecule has 14 heavy (non-hydrogen) atoms. The van der Waals surface area contributed by atoms with Crippen LogP contribution in [0.2, 0.25) is 0 Å².